The van der Waals surface area contributed by atoms with E-state index in [1.807, 2.05) is 0 Å². The van der Waals surface area contributed by atoms with Gasteiger partial charge >= 0.3 is 0 Å². The quantitative estimate of drug-likeness (QED) is 0.591. The summed E-state index contributed by atoms with van der Waals surface area (Å²) in [6.07, 6.45) is 2.58. The molecule has 2 rings (SSSR count). The Kier molecular flexibility index (Phi) is 3.85. The Labute approximate surface area is 90.7 Å². The molecule has 7 nitrogen and oxygen atoms in total. The minimum atomic E-state index is -0.308. The molecule has 0 aliphatic heterocycles. The molecule has 0 atom stereocenters. The van der Waals surface area contributed by atoms with Crippen LogP contribution in [0, 0.1) is 0 Å². The van der Waals surface area contributed by atoms with Crippen molar-refractivity contribution in [2.45, 2.75) is 0 Å². The fraction of sp³-hybridized carbons (Fsp3) is 0. The predicted molar refractivity (Wildman–Crippen MR) is 56.5 cm³/mol. The minimum Gasteiger partial charge on any atom is -0.412 e. The van der Waals surface area contributed by atoms with E-state index in [-0.39, 0.29) is 29.8 Å². The average Bonchev–Trinajstić information content (AvgIpc) is 2.27. The van der Waals surface area contributed by atoms with Gasteiger partial charge < -0.3 is 16.9 Å². The normalized spacial score (nSPS) is 10.8. The first-order valence-electron chi connectivity index (χ1n) is 5.10. The summed E-state index contributed by atoms with van der Waals surface area (Å²) in [5, 5.41) is 0. The monoisotopic (exact) mass is 211 g/mol. The van der Waals surface area contributed by atoms with Crippen molar-refractivity contribution in [1.82, 2.24) is 19.9 Å². The van der Waals surface area contributed by atoms with Crippen LogP contribution in [-0.2, 0) is 0 Å². The van der Waals surface area contributed by atoms with Gasteiger partial charge in [-0.1, -0.05) is 0 Å². The van der Waals surface area contributed by atoms with E-state index in [9.17, 15) is 0 Å². The summed E-state index contributed by atoms with van der Waals surface area (Å²) in [5.41, 5.74) is 10.2. The first kappa shape index (κ1) is 8.06. The molecule has 2 aromatic heterocycles. The zero-order valence-electron chi connectivity index (χ0n) is 10.7. The van der Waals surface area contributed by atoms with Gasteiger partial charge in [0.1, 0.15) is 0 Å². The molecule has 0 spiro atoms. The molecule has 0 aliphatic carbocycles. The van der Waals surface area contributed by atoms with Crippen LogP contribution in [0.25, 0.3) is 0 Å². The van der Waals surface area contributed by atoms with E-state index in [4.69, 9.17) is 15.6 Å². The lowest BCUT2D eigenvalue weighted by molar-refractivity contribution is 0.824. The number of hydrogen-bond acceptors (Lipinski definition) is 6. The second-order valence-electron chi connectivity index (χ2n) is 2.04. The van der Waals surface area contributed by atoms with Gasteiger partial charge in [-0.25, -0.2) is 19.9 Å². The number of nitrogens with zero attached hydrogens (tertiary/aromatic N) is 4. The zero-order chi connectivity index (χ0) is 12.8. The van der Waals surface area contributed by atoms with Crippen LogP contribution < -0.4 is 11.5 Å². The van der Waals surface area contributed by atoms with Crippen molar-refractivity contribution in [1.29, 1.82) is 0 Å². The molecule has 2 aromatic rings. The molecule has 15 heavy (non-hydrogen) atoms. The maximum Gasteiger partial charge on any atom is 0.219 e. The molecule has 80 valence electrons. The second-order valence-corrected chi connectivity index (χ2v) is 2.04. The van der Waals surface area contributed by atoms with E-state index < -0.39 is 0 Å². The molecule has 0 unspecified atom stereocenters. The highest BCUT2D eigenvalue weighted by molar-refractivity contribution is 5.11. The number of rotatable bonds is 0. The van der Waals surface area contributed by atoms with E-state index in [1.165, 1.54) is 0 Å². The smallest absolute Gasteiger partial charge is 0.219 e. The Morgan fingerprint density at radius 1 is 0.933 bits per heavy atom. The first-order valence-corrected chi connectivity index (χ1v) is 3.60. The van der Waals surface area contributed by atoms with E-state index in [0.717, 1.165) is 0 Å². The molecule has 0 aromatic carbocycles. The van der Waals surface area contributed by atoms with Gasteiger partial charge in [-0.05, 0) is 12.1 Å². The Bertz CT molecular complexity index is 474. The molecule has 0 saturated heterocycles. The van der Waals surface area contributed by atoms with E-state index in [0.29, 0.717) is 5.95 Å². The molecule has 2 heterocycles. The summed E-state index contributed by atoms with van der Waals surface area (Å²) < 4.78 is 20.9. The topological polar surface area (TPSA) is 135 Å². The number of nitrogen functional groups attached to an aromatic ring is 2. The molecule has 0 amide bonds. The SMILES string of the molecule is Nc1ncccn1.O.[2H]c1nc(N)nc([2H])c1[2H]. The number of anilines is 2. The van der Waals surface area contributed by atoms with Crippen LogP contribution >= 0.6 is 0 Å². The van der Waals surface area contributed by atoms with Crippen molar-refractivity contribution in [3.05, 3.63) is 36.8 Å². The molecule has 0 saturated carbocycles. The molecule has 7 heteroatoms. The predicted octanol–water partition coefficient (Wildman–Crippen LogP) is -0.707. The highest BCUT2D eigenvalue weighted by Gasteiger charge is 1.75. The third kappa shape index (κ3) is 5.88. The average molecular weight is 211 g/mol. The molecule has 0 aliphatic rings. The van der Waals surface area contributed by atoms with Gasteiger partial charge in [-0.2, -0.15) is 0 Å². The lowest BCUT2D eigenvalue weighted by Crippen LogP contribution is -1.90. The largest absolute Gasteiger partial charge is 0.412 e. The van der Waals surface area contributed by atoms with Crippen molar-refractivity contribution in [3.63, 3.8) is 0 Å². The lowest BCUT2D eigenvalue weighted by Gasteiger charge is -1.82. The zero-order valence-corrected chi connectivity index (χ0v) is 7.68. The van der Waals surface area contributed by atoms with Crippen LogP contribution in [0.5, 0.6) is 0 Å². The lowest BCUT2D eigenvalue weighted by atomic mass is 10.7. The summed E-state index contributed by atoms with van der Waals surface area (Å²) in [5.74, 6) is 0.188. The Morgan fingerprint density at radius 2 is 1.40 bits per heavy atom. The molecular formula is C8H12N6O. The fourth-order valence-corrected chi connectivity index (χ4v) is 0.531. The van der Waals surface area contributed by atoms with Gasteiger partial charge in [0.2, 0.25) is 11.9 Å². The first-order chi connectivity index (χ1) is 8.00. The molecule has 0 fully saturated rings. The third-order valence-corrected chi connectivity index (χ3v) is 1.04. The van der Waals surface area contributed by atoms with Gasteiger partial charge in [0.05, 0.1) is 4.11 Å². The van der Waals surface area contributed by atoms with Crippen molar-refractivity contribution >= 4 is 11.9 Å². The van der Waals surface area contributed by atoms with Crippen LogP contribution in [0.4, 0.5) is 11.9 Å². The third-order valence-electron chi connectivity index (χ3n) is 1.04. The Morgan fingerprint density at radius 3 is 1.80 bits per heavy atom. The highest BCUT2D eigenvalue weighted by Crippen LogP contribution is 1.82. The fourth-order valence-electron chi connectivity index (χ4n) is 0.531. The number of nitrogens with two attached hydrogens (primary N) is 2. The van der Waals surface area contributed by atoms with E-state index in [1.54, 1.807) is 18.5 Å². The summed E-state index contributed by atoms with van der Waals surface area (Å²) in [7, 11) is 0. The van der Waals surface area contributed by atoms with Gasteiger partial charge in [0.15, 0.2) is 0 Å². The number of aromatic nitrogens is 4. The van der Waals surface area contributed by atoms with E-state index in [2.05, 4.69) is 19.9 Å². The summed E-state index contributed by atoms with van der Waals surface area (Å²) >= 11 is 0. The molecular weight excluding hydrogens is 196 g/mol. The van der Waals surface area contributed by atoms with Crippen LogP contribution in [-0.4, -0.2) is 25.4 Å². The van der Waals surface area contributed by atoms with Crippen LogP contribution in [0.2, 0.25) is 0 Å². The molecule has 0 bridgehead atoms. The minimum absolute atomic E-state index is 0. The van der Waals surface area contributed by atoms with Crippen LogP contribution in [0.15, 0.2) is 36.8 Å². The van der Waals surface area contributed by atoms with Crippen molar-refractivity contribution in [2.24, 2.45) is 0 Å². The van der Waals surface area contributed by atoms with Gasteiger partial charge in [0, 0.05) is 24.7 Å². The van der Waals surface area contributed by atoms with Gasteiger partial charge in [0.25, 0.3) is 0 Å². The maximum atomic E-state index is 6.99. The Hall–Kier alpha value is -2.28. The van der Waals surface area contributed by atoms with Crippen molar-refractivity contribution < 1.29 is 9.59 Å². The van der Waals surface area contributed by atoms with E-state index >= 15 is 0 Å². The highest BCUT2D eigenvalue weighted by atomic mass is 16.0. The Balaban J connectivity index is 0.000000321. The second kappa shape index (κ2) is 7.15. The molecule has 6 N–H and O–H groups in total. The van der Waals surface area contributed by atoms with Crippen molar-refractivity contribution in [3.8, 4) is 0 Å². The van der Waals surface area contributed by atoms with Gasteiger partial charge in [-0.3, -0.25) is 0 Å². The van der Waals surface area contributed by atoms with Gasteiger partial charge in [-0.15, -0.1) is 0 Å². The van der Waals surface area contributed by atoms with Crippen molar-refractivity contribution in [2.75, 3.05) is 11.5 Å². The summed E-state index contributed by atoms with van der Waals surface area (Å²) in [6.45, 7) is 0. The maximum absolute atomic E-state index is 6.99. The number of hydrogen-bond donors (Lipinski definition) is 2. The summed E-state index contributed by atoms with van der Waals surface area (Å²) in [4.78, 5) is 14.0. The molecule has 0 radical (unpaired) electrons. The summed E-state index contributed by atoms with van der Waals surface area (Å²) in [6, 6.07) is 1.42. The van der Waals surface area contributed by atoms with Crippen LogP contribution in [0.3, 0.4) is 0 Å². The van der Waals surface area contributed by atoms with Crippen LogP contribution in [0.1, 0.15) is 4.11 Å². The standard InChI is InChI=1S/2C4H5N3.H2O/c2*5-4-6-2-1-3-7-4;/h2*1-3H,(H2,5,6,7);1H2/i1D,2D,3D;;.